The molecule has 0 bridgehead atoms. The Morgan fingerprint density at radius 1 is 1.43 bits per heavy atom. The summed E-state index contributed by atoms with van der Waals surface area (Å²) < 4.78 is 1.47. The Bertz CT molecular complexity index is 574. The van der Waals surface area contributed by atoms with Gasteiger partial charge in [-0.2, -0.15) is 0 Å². The Kier molecular flexibility index (Phi) is 5.05. The molecule has 21 heavy (non-hydrogen) atoms. The molecule has 0 unspecified atom stereocenters. The van der Waals surface area contributed by atoms with Gasteiger partial charge in [0, 0.05) is 19.6 Å². The van der Waals surface area contributed by atoms with Crippen LogP contribution in [0.5, 0.6) is 0 Å². The molecule has 0 saturated carbocycles. The number of amides is 1. The predicted molar refractivity (Wildman–Crippen MR) is 76.2 cm³/mol. The molecule has 1 fully saturated rings. The van der Waals surface area contributed by atoms with Gasteiger partial charge in [-0.1, -0.05) is 11.8 Å². The first-order valence-electron chi connectivity index (χ1n) is 6.81. The number of carbonyl (C=O) groups is 2. The maximum Gasteiger partial charge on any atom is 0.343 e. The number of carboxylic acid groups (broad SMARTS) is 1. The number of hydrogen-bond donors (Lipinski definition) is 2. The van der Waals surface area contributed by atoms with Crippen molar-refractivity contribution in [3.05, 3.63) is 10.5 Å². The number of carboxylic acids is 1. The molecule has 2 rings (SSSR count). The number of H-pyrrole nitrogens is 1. The van der Waals surface area contributed by atoms with Gasteiger partial charge in [0.1, 0.15) is 0 Å². The molecule has 116 valence electrons. The number of nitrogens with one attached hydrogen (secondary N) is 1. The molecule has 0 spiro atoms. The average Bonchev–Trinajstić information content (AvgIpc) is 2.85. The van der Waals surface area contributed by atoms with Crippen molar-refractivity contribution in [1.82, 2.24) is 19.7 Å². The summed E-state index contributed by atoms with van der Waals surface area (Å²) in [6, 6.07) is 0. The van der Waals surface area contributed by atoms with Crippen molar-refractivity contribution < 1.29 is 14.7 Å². The van der Waals surface area contributed by atoms with Gasteiger partial charge in [0.25, 0.3) is 0 Å². The number of thioether (sulfide) groups is 1. The van der Waals surface area contributed by atoms with E-state index >= 15 is 0 Å². The highest BCUT2D eigenvalue weighted by atomic mass is 32.2. The molecule has 1 saturated heterocycles. The third-order valence-corrected chi connectivity index (χ3v) is 4.52. The van der Waals surface area contributed by atoms with Crippen molar-refractivity contribution in [2.24, 2.45) is 5.92 Å². The SMILES string of the molecule is CCn1c(SCC(=O)N2CCC(C(=O)O)CC2)n[nH]c1=O. The first kappa shape index (κ1) is 15.6. The minimum Gasteiger partial charge on any atom is -0.481 e. The highest BCUT2D eigenvalue weighted by Gasteiger charge is 2.27. The maximum atomic E-state index is 12.1. The fourth-order valence-corrected chi connectivity index (χ4v) is 3.20. The number of carbonyl (C=O) groups excluding carboxylic acids is 1. The average molecular weight is 314 g/mol. The van der Waals surface area contributed by atoms with E-state index in [0.29, 0.717) is 37.6 Å². The van der Waals surface area contributed by atoms with Crippen LogP contribution in [0.25, 0.3) is 0 Å². The molecule has 1 aromatic heterocycles. The molecule has 1 aliphatic rings. The molecule has 2 heterocycles. The summed E-state index contributed by atoms with van der Waals surface area (Å²) in [7, 11) is 0. The molecule has 0 radical (unpaired) electrons. The number of nitrogens with zero attached hydrogens (tertiary/aromatic N) is 3. The summed E-state index contributed by atoms with van der Waals surface area (Å²) in [5.74, 6) is -0.998. The molecule has 1 aromatic rings. The van der Waals surface area contributed by atoms with Crippen LogP contribution in [-0.2, 0) is 16.1 Å². The monoisotopic (exact) mass is 314 g/mol. The number of aromatic nitrogens is 3. The lowest BCUT2D eigenvalue weighted by Gasteiger charge is -2.30. The van der Waals surface area contributed by atoms with Crippen molar-refractivity contribution in [2.75, 3.05) is 18.8 Å². The molecule has 1 amide bonds. The highest BCUT2D eigenvalue weighted by molar-refractivity contribution is 7.99. The van der Waals surface area contributed by atoms with Crippen LogP contribution in [0, 0.1) is 5.92 Å². The lowest BCUT2D eigenvalue weighted by Crippen LogP contribution is -2.41. The van der Waals surface area contributed by atoms with Gasteiger partial charge in [-0.15, -0.1) is 5.10 Å². The normalized spacial score (nSPS) is 16.1. The van der Waals surface area contributed by atoms with Crippen LogP contribution < -0.4 is 5.69 Å². The molecular weight excluding hydrogens is 296 g/mol. The summed E-state index contributed by atoms with van der Waals surface area (Å²) in [5, 5.41) is 15.7. The Morgan fingerprint density at radius 2 is 2.10 bits per heavy atom. The predicted octanol–water partition coefficient (Wildman–Crippen LogP) is 0.00660. The third-order valence-electron chi connectivity index (χ3n) is 3.56. The van der Waals surface area contributed by atoms with Crippen LogP contribution in [0.2, 0.25) is 0 Å². The first-order valence-corrected chi connectivity index (χ1v) is 7.80. The van der Waals surface area contributed by atoms with Crippen LogP contribution in [0.15, 0.2) is 9.95 Å². The summed E-state index contributed by atoms with van der Waals surface area (Å²) in [6.07, 6.45) is 0.988. The number of rotatable bonds is 5. The third kappa shape index (κ3) is 3.66. The molecule has 8 nitrogen and oxygen atoms in total. The lowest BCUT2D eigenvalue weighted by atomic mass is 9.97. The molecule has 0 aliphatic carbocycles. The topological polar surface area (TPSA) is 108 Å². The zero-order chi connectivity index (χ0) is 15.4. The van der Waals surface area contributed by atoms with Crippen molar-refractivity contribution >= 4 is 23.6 Å². The number of hydrogen-bond acceptors (Lipinski definition) is 5. The highest BCUT2D eigenvalue weighted by Crippen LogP contribution is 2.19. The Balaban J connectivity index is 1.85. The van der Waals surface area contributed by atoms with Gasteiger partial charge in [0.15, 0.2) is 5.16 Å². The first-order chi connectivity index (χ1) is 10.0. The van der Waals surface area contributed by atoms with Gasteiger partial charge in [-0.05, 0) is 19.8 Å². The van der Waals surface area contributed by atoms with Gasteiger partial charge in [-0.3, -0.25) is 14.2 Å². The van der Waals surface area contributed by atoms with E-state index in [9.17, 15) is 14.4 Å². The molecule has 0 atom stereocenters. The summed E-state index contributed by atoms with van der Waals surface area (Å²) in [4.78, 5) is 36.0. The maximum absolute atomic E-state index is 12.1. The van der Waals surface area contributed by atoms with Crippen LogP contribution in [0.4, 0.5) is 0 Å². The number of piperidine rings is 1. The van der Waals surface area contributed by atoms with Crippen LogP contribution >= 0.6 is 11.8 Å². The minimum absolute atomic E-state index is 0.0538. The second-order valence-electron chi connectivity index (χ2n) is 4.84. The van der Waals surface area contributed by atoms with Gasteiger partial charge in [0.05, 0.1) is 11.7 Å². The van der Waals surface area contributed by atoms with Gasteiger partial charge < -0.3 is 10.0 Å². The van der Waals surface area contributed by atoms with E-state index < -0.39 is 5.97 Å². The van der Waals surface area contributed by atoms with Gasteiger partial charge in [0.2, 0.25) is 5.91 Å². The standard InChI is InChI=1S/C12H18N4O4S/c1-2-16-11(20)13-14-12(16)21-7-9(17)15-5-3-8(4-6-15)10(18)19/h8H,2-7H2,1H3,(H,13,20)(H,18,19). The largest absolute Gasteiger partial charge is 0.481 e. The second kappa shape index (κ2) is 6.79. The fraction of sp³-hybridized carbons (Fsp3) is 0.667. The van der Waals surface area contributed by atoms with E-state index in [4.69, 9.17) is 5.11 Å². The Morgan fingerprint density at radius 3 is 2.67 bits per heavy atom. The molecule has 9 heteroatoms. The van der Waals surface area contributed by atoms with Gasteiger partial charge in [-0.25, -0.2) is 9.89 Å². The summed E-state index contributed by atoms with van der Waals surface area (Å²) >= 11 is 1.21. The van der Waals surface area contributed by atoms with Crippen molar-refractivity contribution in [1.29, 1.82) is 0 Å². The molecule has 2 N–H and O–H groups in total. The van der Waals surface area contributed by atoms with E-state index in [1.165, 1.54) is 16.3 Å². The van der Waals surface area contributed by atoms with Crippen molar-refractivity contribution in [3.8, 4) is 0 Å². The molecular formula is C12H18N4O4S. The summed E-state index contributed by atoms with van der Waals surface area (Å²) in [6.45, 7) is 3.27. The van der Waals surface area contributed by atoms with Crippen LogP contribution in [0.1, 0.15) is 19.8 Å². The Labute approximate surface area is 125 Å². The smallest absolute Gasteiger partial charge is 0.343 e. The van der Waals surface area contributed by atoms with Crippen molar-refractivity contribution in [2.45, 2.75) is 31.5 Å². The number of likely N-dealkylation sites (tertiary alicyclic amines) is 1. The lowest BCUT2D eigenvalue weighted by molar-refractivity contribution is -0.145. The van der Waals surface area contributed by atoms with E-state index in [1.54, 1.807) is 4.90 Å². The zero-order valence-corrected chi connectivity index (χ0v) is 12.6. The van der Waals surface area contributed by atoms with Crippen LogP contribution in [-0.4, -0.2) is 55.5 Å². The minimum atomic E-state index is -0.792. The molecule has 1 aliphatic heterocycles. The Hall–Kier alpha value is -1.77. The number of aliphatic carboxylic acids is 1. The number of aromatic amines is 1. The molecule has 0 aromatic carbocycles. The van der Waals surface area contributed by atoms with Crippen LogP contribution in [0.3, 0.4) is 0 Å². The fourth-order valence-electron chi connectivity index (χ4n) is 2.29. The van der Waals surface area contributed by atoms with E-state index in [-0.39, 0.29) is 23.3 Å². The summed E-state index contributed by atoms with van der Waals surface area (Å²) in [5.41, 5.74) is -0.283. The van der Waals surface area contributed by atoms with Crippen molar-refractivity contribution in [3.63, 3.8) is 0 Å². The van der Waals surface area contributed by atoms with E-state index in [2.05, 4.69) is 10.2 Å². The second-order valence-corrected chi connectivity index (χ2v) is 5.78. The van der Waals surface area contributed by atoms with Gasteiger partial charge >= 0.3 is 11.7 Å². The quantitative estimate of drug-likeness (QED) is 0.741. The zero-order valence-electron chi connectivity index (χ0n) is 11.7. The van der Waals surface area contributed by atoms with E-state index in [1.807, 2.05) is 6.92 Å². The van der Waals surface area contributed by atoms with E-state index in [0.717, 1.165) is 0 Å².